The summed E-state index contributed by atoms with van der Waals surface area (Å²) in [5.41, 5.74) is 1.14. The molecule has 2 N–H and O–H groups in total. The molecule has 0 aromatic heterocycles. The Hall–Kier alpha value is -2.30. The molecule has 164 valence electrons. The first-order chi connectivity index (χ1) is 14.6. The fraction of sp³-hybridized carbons (Fsp3) is 0.300. The molecule has 2 aliphatic rings. The molecule has 1 atom stereocenters. The first-order valence-corrected chi connectivity index (χ1v) is 10.4. The Kier molecular flexibility index (Phi) is 5.89. The molecule has 11 heteroatoms. The monoisotopic (exact) mass is 517 g/mol. The summed E-state index contributed by atoms with van der Waals surface area (Å²) >= 11 is 9.52. The van der Waals surface area contributed by atoms with Crippen molar-refractivity contribution in [3.63, 3.8) is 0 Å². The summed E-state index contributed by atoms with van der Waals surface area (Å²) in [4.78, 5) is 26.3. The molecule has 3 amide bonds. The summed E-state index contributed by atoms with van der Waals surface area (Å²) < 4.78 is 46.9. The Morgan fingerprint density at radius 3 is 2.87 bits per heavy atom. The largest absolute Gasteiger partial charge is 0.373 e. The van der Waals surface area contributed by atoms with Gasteiger partial charge < -0.3 is 20.3 Å². The molecule has 0 unspecified atom stereocenters. The molecular weight excluding hydrogens is 503 g/mol. The summed E-state index contributed by atoms with van der Waals surface area (Å²) in [6, 6.07) is 5.26. The van der Waals surface area contributed by atoms with Crippen LogP contribution in [0.4, 0.5) is 23.7 Å². The zero-order valence-electron chi connectivity index (χ0n) is 15.9. The van der Waals surface area contributed by atoms with Crippen molar-refractivity contribution in [2.75, 3.05) is 31.6 Å². The second-order valence-electron chi connectivity index (χ2n) is 7.25. The number of hydrogen-bond donors (Lipinski definition) is 2. The minimum absolute atomic E-state index is 0.0199. The number of carbonyl (C=O) groups excluding carboxylic acids is 2. The molecule has 0 saturated carbocycles. The Bertz CT molecular complexity index is 1070. The lowest BCUT2D eigenvalue weighted by Crippen LogP contribution is -2.43. The van der Waals surface area contributed by atoms with Gasteiger partial charge in [0.25, 0.3) is 11.8 Å². The number of urea groups is 1. The predicted octanol–water partition coefficient (Wildman–Crippen LogP) is 4.57. The number of hydrogen-bond acceptors (Lipinski definition) is 3. The van der Waals surface area contributed by atoms with Crippen molar-refractivity contribution < 1.29 is 27.5 Å². The maximum atomic E-state index is 13.9. The Morgan fingerprint density at radius 1 is 1.32 bits per heavy atom. The lowest BCUT2D eigenvalue weighted by Gasteiger charge is -2.25. The Labute approximate surface area is 188 Å². The number of ether oxygens (including phenoxy) is 1. The van der Waals surface area contributed by atoms with Crippen LogP contribution in [0, 0.1) is 5.82 Å². The van der Waals surface area contributed by atoms with Gasteiger partial charge in [0.1, 0.15) is 12.4 Å². The lowest BCUT2D eigenvalue weighted by molar-refractivity contribution is -0.0648. The summed E-state index contributed by atoms with van der Waals surface area (Å²) in [6.45, 7) is -1.61. The quantitative estimate of drug-likeness (QED) is 0.612. The van der Waals surface area contributed by atoms with E-state index in [9.17, 15) is 22.8 Å². The topological polar surface area (TPSA) is 70.7 Å². The highest BCUT2D eigenvalue weighted by Crippen LogP contribution is 2.41. The van der Waals surface area contributed by atoms with Crippen molar-refractivity contribution in [3.05, 3.63) is 62.3 Å². The van der Waals surface area contributed by atoms with Gasteiger partial charge in [0.2, 0.25) is 0 Å². The number of nitrogens with zero attached hydrogens (tertiary/aromatic N) is 1. The van der Waals surface area contributed by atoms with E-state index in [0.29, 0.717) is 15.6 Å². The van der Waals surface area contributed by atoms with E-state index in [1.807, 2.05) is 0 Å². The molecule has 0 bridgehead atoms. The van der Waals surface area contributed by atoms with E-state index in [-0.39, 0.29) is 29.4 Å². The zero-order valence-corrected chi connectivity index (χ0v) is 18.2. The van der Waals surface area contributed by atoms with Crippen LogP contribution in [0.2, 0.25) is 5.02 Å². The van der Waals surface area contributed by atoms with Gasteiger partial charge in [-0.15, -0.1) is 0 Å². The summed E-state index contributed by atoms with van der Waals surface area (Å²) in [5, 5.41) is 5.57. The van der Waals surface area contributed by atoms with Crippen molar-refractivity contribution in [1.82, 2.24) is 10.2 Å². The van der Waals surface area contributed by atoms with Gasteiger partial charge in [0.15, 0.2) is 0 Å². The van der Waals surface area contributed by atoms with Crippen molar-refractivity contribution in [3.8, 4) is 0 Å². The number of rotatable bonds is 2. The first-order valence-electron chi connectivity index (χ1n) is 9.25. The number of benzene rings is 2. The van der Waals surface area contributed by atoms with E-state index in [4.69, 9.17) is 16.3 Å². The SMILES string of the molecule is O=C1N[C@@H](c2cc(F)ccc2Cl)c2c(NC(=O)N3CCOCC(F)(F)C3)cc(Br)cc21. The lowest BCUT2D eigenvalue weighted by atomic mass is 9.96. The highest BCUT2D eigenvalue weighted by molar-refractivity contribution is 9.10. The molecule has 2 heterocycles. The predicted molar refractivity (Wildman–Crippen MR) is 111 cm³/mol. The molecule has 2 aromatic carbocycles. The van der Waals surface area contributed by atoms with Crippen molar-refractivity contribution in [1.29, 1.82) is 0 Å². The van der Waals surface area contributed by atoms with Crippen LogP contribution in [0.5, 0.6) is 0 Å². The second-order valence-corrected chi connectivity index (χ2v) is 8.57. The standard InChI is InChI=1S/C20H16BrClF3N3O3/c21-10-5-13-16(17(27-18(13)29)12-7-11(23)1-2-14(12)22)15(6-10)26-19(30)28-3-4-31-9-20(24,25)8-28/h1-2,5-7,17H,3-4,8-9H2,(H,26,30)(H,27,29)/t17-/m0/s1. The van der Waals surface area contributed by atoms with E-state index >= 15 is 0 Å². The third-order valence-electron chi connectivity index (χ3n) is 4.99. The molecule has 0 spiro atoms. The molecule has 1 fully saturated rings. The minimum Gasteiger partial charge on any atom is -0.373 e. The number of fused-ring (bicyclic) bond motifs is 1. The van der Waals surface area contributed by atoms with Gasteiger partial charge in [-0.1, -0.05) is 27.5 Å². The third-order valence-corrected chi connectivity index (χ3v) is 5.79. The van der Waals surface area contributed by atoms with Gasteiger partial charge in [-0.2, -0.15) is 0 Å². The molecule has 2 aliphatic heterocycles. The van der Waals surface area contributed by atoms with Gasteiger partial charge >= 0.3 is 6.03 Å². The molecular formula is C20H16BrClF3N3O3. The molecule has 6 nitrogen and oxygen atoms in total. The number of carbonyl (C=O) groups is 2. The fourth-order valence-electron chi connectivity index (χ4n) is 3.64. The highest BCUT2D eigenvalue weighted by atomic mass is 79.9. The number of anilines is 1. The molecule has 1 saturated heterocycles. The molecule has 0 aliphatic carbocycles. The zero-order chi connectivity index (χ0) is 22.3. The molecule has 2 aromatic rings. The van der Waals surface area contributed by atoms with Crippen LogP contribution in [0.25, 0.3) is 0 Å². The summed E-state index contributed by atoms with van der Waals surface area (Å²) in [6.07, 6.45) is 0. The Morgan fingerprint density at radius 2 is 2.10 bits per heavy atom. The van der Waals surface area contributed by atoms with E-state index in [0.717, 1.165) is 4.90 Å². The van der Waals surface area contributed by atoms with Crippen LogP contribution in [0.15, 0.2) is 34.8 Å². The van der Waals surface area contributed by atoms with Crippen molar-refractivity contribution in [2.45, 2.75) is 12.0 Å². The highest BCUT2D eigenvalue weighted by Gasteiger charge is 2.38. The average molecular weight is 519 g/mol. The molecule has 31 heavy (non-hydrogen) atoms. The molecule has 4 rings (SSSR count). The van der Waals surface area contributed by atoms with Crippen LogP contribution >= 0.6 is 27.5 Å². The molecule has 0 radical (unpaired) electrons. The smallest absolute Gasteiger partial charge is 0.322 e. The Balaban J connectivity index is 1.71. The van der Waals surface area contributed by atoms with Gasteiger partial charge in [-0.05, 0) is 30.3 Å². The van der Waals surface area contributed by atoms with E-state index in [1.165, 1.54) is 18.2 Å². The maximum absolute atomic E-state index is 13.9. The summed E-state index contributed by atoms with van der Waals surface area (Å²) in [7, 11) is 0. The minimum atomic E-state index is -3.18. The number of nitrogens with one attached hydrogen (secondary N) is 2. The second kappa shape index (κ2) is 8.33. The van der Waals surface area contributed by atoms with Gasteiger partial charge in [-0.3, -0.25) is 4.79 Å². The van der Waals surface area contributed by atoms with E-state index in [1.54, 1.807) is 12.1 Å². The van der Waals surface area contributed by atoms with Crippen molar-refractivity contribution in [2.24, 2.45) is 0 Å². The normalized spacial score (nSPS) is 20.1. The average Bonchev–Trinajstić information content (AvgIpc) is 2.90. The fourth-order valence-corrected chi connectivity index (χ4v) is 4.32. The van der Waals surface area contributed by atoms with E-state index in [2.05, 4.69) is 26.6 Å². The van der Waals surface area contributed by atoms with Gasteiger partial charge in [0, 0.05) is 38.4 Å². The summed E-state index contributed by atoms with van der Waals surface area (Å²) in [5.74, 6) is -4.16. The van der Waals surface area contributed by atoms with Crippen LogP contribution in [-0.4, -0.2) is 49.1 Å². The van der Waals surface area contributed by atoms with Crippen LogP contribution < -0.4 is 10.6 Å². The number of halogens is 5. The van der Waals surface area contributed by atoms with E-state index < -0.39 is 42.9 Å². The third kappa shape index (κ3) is 4.51. The first kappa shape index (κ1) is 21.9. The maximum Gasteiger partial charge on any atom is 0.322 e. The van der Waals surface area contributed by atoms with Gasteiger partial charge in [0.05, 0.1) is 19.2 Å². The van der Waals surface area contributed by atoms with Crippen LogP contribution in [0.3, 0.4) is 0 Å². The van der Waals surface area contributed by atoms with Crippen LogP contribution in [-0.2, 0) is 4.74 Å². The number of amides is 3. The van der Waals surface area contributed by atoms with Crippen LogP contribution in [0.1, 0.15) is 27.5 Å². The number of alkyl halides is 2. The van der Waals surface area contributed by atoms with Crippen molar-refractivity contribution >= 4 is 45.2 Å². The van der Waals surface area contributed by atoms with Gasteiger partial charge in [-0.25, -0.2) is 18.0 Å².